The summed E-state index contributed by atoms with van der Waals surface area (Å²) in [7, 11) is 2.14. The fourth-order valence-electron chi connectivity index (χ4n) is 3.27. The average Bonchev–Trinajstić information content (AvgIpc) is 2.77. The number of nitrogens with zero attached hydrogens (tertiary/aromatic N) is 2. The van der Waals surface area contributed by atoms with Gasteiger partial charge >= 0.3 is 0 Å². The van der Waals surface area contributed by atoms with E-state index in [1.54, 1.807) is 0 Å². The Kier molecular flexibility index (Phi) is 3.39. The molecule has 1 fully saturated rings. The predicted octanol–water partition coefficient (Wildman–Crippen LogP) is 3.37. The van der Waals surface area contributed by atoms with E-state index in [0.29, 0.717) is 0 Å². The monoisotopic (exact) mass is 321 g/mol. The summed E-state index contributed by atoms with van der Waals surface area (Å²) in [5.41, 5.74) is 2.50. The minimum Gasteiger partial charge on any atom is -0.331 e. The van der Waals surface area contributed by atoms with Crippen molar-refractivity contribution in [2.24, 2.45) is 7.05 Å². The van der Waals surface area contributed by atoms with Crippen LogP contribution in [0, 0.1) is 0 Å². The van der Waals surface area contributed by atoms with Crippen molar-refractivity contribution in [1.82, 2.24) is 14.9 Å². The van der Waals surface area contributed by atoms with Crippen molar-refractivity contribution in [2.45, 2.75) is 31.6 Å². The Balaban J connectivity index is 2.15. The molecule has 0 saturated carbocycles. The smallest absolute Gasteiger partial charge is 0.117 e. The maximum Gasteiger partial charge on any atom is 0.117 e. The quantitative estimate of drug-likeness (QED) is 0.919. The van der Waals surface area contributed by atoms with E-state index in [0.717, 1.165) is 29.5 Å². The topological polar surface area (TPSA) is 29.9 Å². The second-order valence-corrected chi connectivity index (χ2v) is 6.46. The predicted molar refractivity (Wildman–Crippen MR) is 82.5 cm³/mol. The molecule has 1 N–H and O–H groups in total. The number of aromatic nitrogens is 2. The minimum absolute atomic E-state index is 0.193. The van der Waals surface area contributed by atoms with Crippen LogP contribution in [-0.4, -0.2) is 22.6 Å². The number of halogens is 1. The van der Waals surface area contributed by atoms with Crippen molar-refractivity contribution in [2.75, 3.05) is 13.1 Å². The molecule has 1 atom stereocenters. The van der Waals surface area contributed by atoms with E-state index < -0.39 is 0 Å². The van der Waals surface area contributed by atoms with E-state index in [1.807, 2.05) is 0 Å². The molecule has 1 saturated heterocycles. The molecule has 0 bridgehead atoms. The number of fused-ring (bicyclic) bond motifs is 1. The minimum atomic E-state index is 0.193. The van der Waals surface area contributed by atoms with Crippen LogP contribution in [0.4, 0.5) is 0 Å². The molecule has 19 heavy (non-hydrogen) atoms. The molecule has 1 aliphatic heterocycles. The van der Waals surface area contributed by atoms with Crippen LogP contribution in [0.1, 0.15) is 32.0 Å². The fraction of sp³-hybridized carbons (Fsp3) is 0.533. The molecule has 0 aliphatic carbocycles. The number of hydrogen-bond acceptors (Lipinski definition) is 2. The zero-order chi connectivity index (χ0) is 13.5. The first-order valence-electron chi connectivity index (χ1n) is 6.99. The Morgan fingerprint density at radius 1 is 1.47 bits per heavy atom. The Labute approximate surface area is 122 Å². The van der Waals surface area contributed by atoms with Crippen molar-refractivity contribution in [3.8, 4) is 0 Å². The summed E-state index contributed by atoms with van der Waals surface area (Å²) in [6.45, 7) is 4.46. The number of rotatable bonds is 2. The normalized spacial score (nSPS) is 23.9. The number of imidazole rings is 1. The maximum atomic E-state index is 4.93. The summed E-state index contributed by atoms with van der Waals surface area (Å²) < 4.78 is 3.37. The lowest BCUT2D eigenvalue weighted by atomic mass is 9.77. The molecule has 1 aliphatic rings. The Bertz CT molecular complexity index is 597. The molecule has 0 radical (unpaired) electrons. The first-order valence-corrected chi connectivity index (χ1v) is 7.79. The first kappa shape index (κ1) is 13.1. The molecule has 0 amide bonds. The molecule has 1 aromatic heterocycles. The van der Waals surface area contributed by atoms with Crippen LogP contribution in [0.3, 0.4) is 0 Å². The second-order valence-electron chi connectivity index (χ2n) is 5.54. The molecule has 1 unspecified atom stereocenters. The molecule has 0 spiro atoms. The van der Waals surface area contributed by atoms with E-state index in [4.69, 9.17) is 4.98 Å². The lowest BCUT2D eigenvalue weighted by Crippen LogP contribution is -2.44. The molecule has 102 valence electrons. The van der Waals surface area contributed by atoms with Crippen molar-refractivity contribution < 1.29 is 0 Å². The first-order chi connectivity index (χ1) is 9.16. The summed E-state index contributed by atoms with van der Waals surface area (Å²) in [5.74, 6) is 1.23. The summed E-state index contributed by atoms with van der Waals surface area (Å²) in [5, 5.41) is 3.55. The lowest BCUT2D eigenvalue weighted by Gasteiger charge is -2.36. The second kappa shape index (κ2) is 4.91. The van der Waals surface area contributed by atoms with Crippen molar-refractivity contribution in [1.29, 1.82) is 0 Å². The van der Waals surface area contributed by atoms with Gasteiger partial charge in [-0.15, -0.1) is 0 Å². The standard InChI is InChI=1S/C15H20BrN3/c1-3-15(7-4-8-17-10-15)14-18-12-9-11(16)5-6-13(12)19(14)2/h5-6,9,17H,3-4,7-8,10H2,1-2H3. The van der Waals surface area contributed by atoms with Crippen LogP contribution >= 0.6 is 15.9 Å². The van der Waals surface area contributed by atoms with E-state index >= 15 is 0 Å². The van der Waals surface area contributed by atoms with Crippen molar-refractivity contribution >= 4 is 27.0 Å². The zero-order valence-electron chi connectivity index (χ0n) is 11.5. The molecule has 4 heteroatoms. The third-order valence-corrected chi connectivity index (χ3v) is 4.96. The van der Waals surface area contributed by atoms with Crippen LogP contribution in [-0.2, 0) is 12.5 Å². The van der Waals surface area contributed by atoms with Gasteiger partial charge < -0.3 is 9.88 Å². The highest BCUT2D eigenvalue weighted by atomic mass is 79.9. The zero-order valence-corrected chi connectivity index (χ0v) is 13.1. The van der Waals surface area contributed by atoms with E-state index in [1.165, 1.54) is 24.2 Å². The molecular weight excluding hydrogens is 302 g/mol. The average molecular weight is 322 g/mol. The van der Waals surface area contributed by atoms with E-state index in [-0.39, 0.29) is 5.41 Å². The van der Waals surface area contributed by atoms with Gasteiger partial charge in [-0.2, -0.15) is 0 Å². The molecule has 1 aromatic carbocycles. The third kappa shape index (κ3) is 2.11. The molecule has 2 aromatic rings. The van der Waals surface area contributed by atoms with Gasteiger partial charge in [-0.25, -0.2) is 4.98 Å². The number of hydrogen-bond donors (Lipinski definition) is 1. The van der Waals surface area contributed by atoms with Gasteiger partial charge in [-0.1, -0.05) is 22.9 Å². The van der Waals surface area contributed by atoms with Gasteiger partial charge in [0.1, 0.15) is 5.82 Å². The number of nitrogens with one attached hydrogen (secondary N) is 1. The van der Waals surface area contributed by atoms with Crippen LogP contribution in [0.5, 0.6) is 0 Å². The van der Waals surface area contributed by atoms with Crippen molar-refractivity contribution in [3.05, 3.63) is 28.5 Å². The van der Waals surface area contributed by atoms with Crippen LogP contribution in [0.15, 0.2) is 22.7 Å². The molecule has 3 rings (SSSR count). The SMILES string of the molecule is CCC1(c2nc3cc(Br)ccc3n2C)CCCNC1. The van der Waals surface area contributed by atoms with Gasteiger partial charge in [-0.3, -0.25) is 0 Å². The molecular formula is C15H20BrN3. The van der Waals surface area contributed by atoms with E-state index in [2.05, 4.69) is 58.0 Å². The van der Waals surface area contributed by atoms with Gasteiger partial charge in [0.25, 0.3) is 0 Å². The maximum absolute atomic E-state index is 4.93. The van der Waals surface area contributed by atoms with Gasteiger partial charge in [0.2, 0.25) is 0 Å². The van der Waals surface area contributed by atoms with Crippen molar-refractivity contribution in [3.63, 3.8) is 0 Å². The van der Waals surface area contributed by atoms with Gasteiger partial charge in [0.05, 0.1) is 11.0 Å². The highest BCUT2D eigenvalue weighted by molar-refractivity contribution is 9.10. The fourth-order valence-corrected chi connectivity index (χ4v) is 3.61. The Morgan fingerprint density at radius 3 is 3.00 bits per heavy atom. The number of piperidine rings is 1. The number of benzene rings is 1. The Morgan fingerprint density at radius 2 is 2.32 bits per heavy atom. The molecule has 2 heterocycles. The summed E-state index contributed by atoms with van der Waals surface area (Å²) in [4.78, 5) is 4.93. The van der Waals surface area contributed by atoms with Gasteiger partial charge in [0.15, 0.2) is 0 Å². The third-order valence-electron chi connectivity index (χ3n) is 4.47. The largest absolute Gasteiger partial charge is 0.331 e. The summed E-state index contributed by atoms with van der Waals surface area (Å²) >= 11 is 3.53. The molecule has 3 nitrogen and oxygen atoms in total. The van der Waals surface area contributed by atoms with Gasteiger partial charge in [0, 0.05) is 23.5 Å². The lowest BCUT2D eigenvalue weighted by molar-refractivity contribution is 0.283. The Hall–Kier alpha value is -0.870. The van der Waals surface area contributed by atoms with Gasteiger partial charge in [-0.05, 0) is 44.0 Å². The highest BCUT2D eigenvalue weighted by Gasteiger charge is 2.36. The summed E-state index contributed by atoms with van der Waals surface area (Å²) in [6.07, 6.45) is 3.61. The summed E-state index contributed by atoms with van der Waals surface area (Å²) in [6, 6.07) is 6.35. The van der Waals surface area contributed by atoms with Crippen LogP contribution < -0.4 is 5.32 Å². The highest BCUT2D eigenvalue weighted by Crippen LogP contribution is 2.35. The van der Waals surface area contributed by atoms with E-state index in [9.17, 15) is 0 Å². The van der Waals surface area contributed by atoms with Crippen LogP contribution in [0.25, 0.3) is 11.0 Å². The van der Waals surface area contributed by atoms with Crippen LogP contribution in [0.2, 0.25) is 0 Å². The number of aryl methyl sites for hydroxylation is 1.